The molecule has 0 bridgehead atoms. The van der Waals surface area contributed by atoms with Crippen LogP contribution in [0.1, 0.15) is 52.0 Å². The second-order valence-electron chi connectivity index (χ2n) is 9.03. The van der Waals surface area contributed by atoms with E-state index in [1.54, 1.807) is 6.92 Å². The summed E-state index contributed by atoms with van der Waals surface area (Å²) in [7, 11) is 0. The number of imide groups is 1. The molecule has 2 fully saturated rings. The molecule has 0 radical (unpaired) electrons. The number of fused-ring (bicyclic) bond motifs is 1. The fourth-order valence-corrected chi connectivity index (χ4v) is 4.45. The Morgan fingerprint density at radius 1 is 1.20 bits per heavy atom. The predicted molar refractivity (Wildman–Crippen MR) is 110 cm³/mol. The van der Waals surface area contributed by atoms with Crippen LogP contribution in [0, 0.1) is 0 Å². The van der Waals surface area contributed by atoms with Gasteiger partial charge in [-0.05, 0) is 37.5 Å². The Bertz CT molecular complexity index is 876. The molecule has 2 N–H and O–H groups in total. The number of ether oxygens (including phenoxy) is 2. The summed E-state index contributed by atoms with van der Waals surface area (Å²) in [6, 6.07) is 4.43. The van der Waals surface area contributed by atoms with Crippen LogP contribution >= 0.6 is 0 Å². The van der Waals surface area contributed by atoms with Gasteiger partial charge >= 0.3 is 6.03 Å². The molecule has 8 heteroatoms. The second kappa shape index (κ2) is 7.49. The van der Waals surface area contributed by atoms with E-state index in [-0.39, 0.29) is 17.2 Å². The number of nitrogens with one attached hydrogen (secondary N) is 2. The van der Waals surface area contributed by atoms with Crippen molar-refractivity contribution in [2.45, 2.75) is 63.5 Å². The summed E-state index contributed by atoms with van der Waals surface area (Å²) in [5.74, 6) is 0.795. The highest BCUT2D eigenvalue weighted by Crippen LogP contribution is 2.36. The smallest absolute Gasteiger partial charge is 0.325 e. The summed E-state index contributed by atoms with van der Waals surface area (Å²) in [6.45, 7) is 7.03. The van der Waals surface area contributed by atoms with Gasteiger partial charge in [0.05, 0.1) is 0 Å². The number of benzene rings is 1. The zero-order valence-corrected chi connectivity index (χ0v) is 17.7. The number of hydrogen-bond acceptors (Lipinski definition) is 5. The maximum Gasteiger partial charge on any atom is 0.325 e. The number of urea groups is 1. The Hall–Kier alpha value is -2.77. The molecule has 1 aromatic rings. The molecule has 2 aliphatic heterocycles. The molecule has 8 nitrogen and oxygen atoms in total. The molecule has 4 rings (SSSR count). The fourth-order valence-electron chi connectivity index (χ4n) is 4.45. The van der Waals surface area contributed by atoms with Crippen LogP contribution in [0.15, 0.2) is 18.2 Å². The van der Waals surface area contributed by atoms with E-state index in [1.165, 1.54) is 0 Å². The molecule has 162 valence electrons. The number of carbonyl (C=O) groups excluding carboxylic acids is 3. The molecule has 1 saturated carbocycles. The third kappa shape index (κ3) is 3.48. The van der Waals surface area contributed by atoms with Crippen molar-refractivity contribution in [2.75, 3.05) is 19.8 Å². The first-order valence-corrected chi connectivity index (χ1v) is 10.6. The maximum absolute atomic E-state index is 12.9. The lowest BCUT2D eigenvalue weighted by atomic mass is 9.84. The van der Waals surface area contributed by atoms with Crippen LogP contribution in [0.4, 0.5) is 4.79 Å². The zero-order chi connectivity index (χ0) is 21.5. The van der Waals surface area contributed by atoms with E-state index in [4.69, 9.17) is 9.47 Å². The molecular weight excluding hydrogens is 386 g/mol. The van der Waals surface area contributed by atoms with Gasteiger partial charge in [-0.25, -0.2) is 9.69 Å². The van der Waals surface area contributed by atoms with Gasteiger partial charge in [0.25, 0.3) is 5.91 Å². The molecule has 2 heterocycles. The molecule has 30 heavy (non-hydrogen) atoms. The van der Waals surface area contributed by atoms with E-state index >= 15 is 0 Å². The summed E-state index contributed by atoms with van der Waals surface area (Å²) in [5.41, 5.74) is -0.190. The number of amides is 4. The Balaban J connectivity index is 1.41. The Morgan fingerprint density at radius 2 is 1.87 bits per heavy atom. The number of rotatable bonds is 5. The third-order valence-electron chi connectivity index (χ3n) is 6.45. The van der Waals surface area contributed by atoms with Crippen LogP contribution in [0.3, 0.4) is 0 Å². The lowest BCUT2D eigenvalue weighted by Crippen LogP contribution is -2.51. The molecule has 1 unspecified atom stereocenters. The van der Waals surface area contributed by atoms with E-state index in [9.17, 15) is 14.4 Å². The number of carbonyl (C=O) groups is 3. The molecule has 0 aromatic heterocycles. The minimum absolute atomic E-state index is 0.279. The summed E-state index contributed by atoms with van der Waals surface area (Å²) in [6.07, 6.45) is 3.09. The average molecular weight is 415 g/mol. The van der Waals surface area contributed by atoms with Crippen molar-refractivity contribution in [3.05, 3.63) is 23.8 Å². The highest BCUT2D eigenvalue weighted by molar-refractivity contribution is 6.09. The van der Waals surface area contributed by atoms with Crippen molar-refractivity contribution in [1.29, 1.82) is 0 Å². The van der Waals surface area contributed by atoms with E-state index in [0.29, 0.717) is 38.3 Å². The van der Waals surface area contributed by atoms with Gasteiger partial charge in [-0.1, -0.05) is 32.8 Å². The van der Waals surface area contributed by atoms with Gasteiger partial charge in [0.1, 0.15) is 24.8 Å². The van der Waals surface area contributed by atoms with Gasteiger partial charge in [-0.3, -0.25) is 9.59 Å². The lowest BCUT2D eigenvalue weighted by Gasteiger charge is -2.29. The highest BCUT2D eigenvalue weighted by atomic mass is 16.6. The van der Waals surface area contributed by atoms with Crippen LogP contribution in [0.2, 0.25) is 0 Å². The zero-order valence-electron chi connectivity index (χ0n) is 17.7. The first kappa shape index (κ1) is 20.5. The first-order valence-electron chi connectivity index (χ1n) is 10.6. The molecular formula is C22H29N3O5. The van der Waals surface area contributed by atoms with Crippen molar-refractivity contribution >= 4 is 17.8 Å². The number of hydrogen-bond donors (Lipinski definition) is 2. The molecule has 1 aliphatic carbocycles. The van der Waals surface area contributed by atoms with Gasteiger partial charge in [0, 0.05) is 12.0 Å². The molecule has 1 atom stereocenters. The van der Waals surface area contributed by atoms with Crippen LogP contribution in [-0.4, -0.2) is 54.1 Å². The predicted octanol–water partition coefficient (Wildman–Crippen LogP) is 2.10. The monoisotopic (exact) mass is 415 g/mol. The van der Waals surface area contributed by atoms with Crippen LogP contribution in [0.25, 0.3) is 0 Å². The largest absolute Gasteiger partial charge is 0.486 e. The molecule has 1 spiro atoms. The van der Waals surface area contributed by atoms with Gasteiger partial charge in [0.2, 0.25) is 5.91 Å². The molecule has 4 amide bonds. The Labute approximate surface area is 176 Å². The van der Waals surface area contributed by atoms with E-state index in [2.05, 4.69) is 10.6 Å². The Kier molecular flexibility index (Phi) is 5.11. The molecule has 3 aliphatic rings. The van der Waals surface area contributed by atoms with Gasteiger partial charge in [-0.2, -0.15) is 0 Å². The fraction of sp³-hybridized carbons (Fsp3) is 0.591. The molecule has 1 saturated heterocycles. The van der Waals surface area contributed by atoms with Gasteiger partial charge < -0.3 is 20.1 Å². The Morgan fingerprint density at radius 3 is 2.57 bits per heavy atom. The average Bonchev–Trinajstić information content (AvgIpc) is 3.30. The van der Waals surface area contributed by atoms with Crippen molar-refractivity contribution < 1.29 is 23.9 Å². The summed E-state index contributed by atoms with van der Waals surface area (Å²) in [4.78, 5) is 39.2. The van der Waals surface area contributed by atoms with Gasteiger partial charge in [0.15, 0.2) is 11.5 Å². The van der Waals surface area contributed by atoms with Crippen molar-refractivity contribution in [1.82, 2.24) is 15.5 Å². The maximum atomic E-state index is 12.9. The normalized spacial score (nSPS) is 21.0. The van der Waals surface area contributed by atoms with Crippen LogP contribution in [0.5, 0.6) is 11.5 Å². The number of nitrogens with zero attached hydrogens (tertiary/aromatic N) is 1. The third-order valence-corrected chi connectivity index (χ3v) is 6.45. The van der Waals surface area contributed by atoms with Crippen LogP contribution in [-0.2, 0) is 15.0 Å². The second-order valence-corrected chi connectivity index (χ2v) is 9.03. The summed E-state index contributed by atoms with van der Waals surface area (Å²) >= 11 is 0. The highest BCUT2D eigenvalue weighted by Gasteiger charge is 2.54. The quantitative estimate of drug-likeness (QED) is 0.718. The van der Waals surface area contributed by atoms with E-state index < -0.39 is 17.6 Å². The minimum Gasteiger partial charge on any atom is -0.486 e. The SMILES string of the molecule is CC(C(=O)NCC(C)(C)c1ccc2c(c1)OCCO2)N1C(=O)NC2(CCCC2)C1=O. The van der Waals surface area contributed by atoms with Crippen LogP contribution < -0.4 is 20.1 Å². The van der Waals surface area contributed by atoms with Crippen molar-refractivity contribution in [3.63, 3.8) is 0 Å². The van der Waals surface area contributed by atoms with E-state index in [1.807, 2.05) is 32.0 Å². The standard InChI is InChI=1S/C22H29N3O5/c1-14(25-19(27)22(24-20(25)28)8-4-5-9-22)18(26)23-13-21(2,3)15-6-7-16-17(12-15)30-11-10-29-16/h6-7,12,14H,4-5,8-11,13H2,1-3H3,(H,23,26)(H,24,28). The summed E-state index contributed by atoms with van der Waals surface area (Å²) < 4.78 is 11.2. The van der Waals surface area contributed by atoms with Gasteiger partial charge in [-0.15, -0.1) is 0 Å². The van der Waals surface area contributed by atoms with Crippen molar-refractivity contribution in [3.8, 4) is 11.5 Å². The van der Waals surface area contributed by atoms with Crippen molar-refractivity contribution in [2.24, 2.45) is 0 Å². The minimum atomic E-state index is -0.867. The lowest BCUT2D eigenvalue weighted by molar-refractivity contribution is -0.137. The molecule has 1 aromatic carbocycles. The summed E-state index contributed by atoms with van der Waals surface area (Å²) in [5, 5.41) is 5.74. The topological polar surface area (TPSA) is 97.0 Å². The first-order chi connectivity index (χ1) is 14.2. The van der Waals surface area contributed by atoms with E-state index in [0.717, 1.165) is 29.1 Å².